The smallest absolute Gasteiger partial charge is 0.270 e. The molecule has 32 heavy (non-hydrogen) atoms. The minimum atomic E-state index is -0.314. The van der Waals surface area contributed by atoms with E-state index in [2.05, 4.69) is 30.2 Å². The summed E-state index contributed by atoms with van der Waals surface area (Å²) in [5.74, 6) is 0.720. The number of benzene rings is 1. The van der Waals surface area contributed by atoms with Crippen molar-refractivity contribution in [2.45, 2.75) is 25.7 Å². The average molecular weight is 431 g/mol. The number of rotatable bonds is 4. The van der Waals surface area contributed by atoms with Gasteiger partial charge in [-0.2, -0.15) is 0 Å². The van der Waals surface area contributed by atoms with E-state index in [4.69, 9.17) is 0 Å². The molecule has 1 unspecified atom stereocenters. The van der Waals surface area contributed by atoms with Crippen molar-refractivity contribution in [1.29, 1.82) is 0 Å². The Bertz CT molecular complexity index is 1270. The van der Waals surface area contributed by atoms with E-state index in [0.717, 1.165) is 35.0 Å². The van der Waals surface area contributed by atoms with Crippen LogP contribution in [0.3, 0.4) is 0 Å². The van der Waals surface area contributed by atoms with Crippen LogP contribution in [0, 0.1) is 12.7 Å². The van der Waals surface area contributed by atoms with Gasteiger partial charge in [0.05, 0.1) is 11.9 Å². The van der Waals surface area contributed by atoms with E-state index in [1.807, 2.05) is 17.9 Å². The number of aryl methyl sites for hydroxylation is 1. The number of piperidine rings is 1. The van der Waals surface area contributed by atoms with Crippen LogP contribution in [-0.4, -0.2) is 48.8 Å². The van der Waals surface area contributed by atoms with Gasteiger partial charge in [-0.1, -0.05) is 0 Å². The number of aromatic amines is 1. The molecular formula is C23H22FN7O. The number of anilines is 2. The zero-order valence-corrected chi connectivity index (χ0v) is 17.5. The van der Waals surface area contributed by atoms with E-state index in [0.29, 0.717) is 30.5 Å². The van der Waals surface area contributed by atoms with Gasteiger partial charge in [0.25, 0.3) is 5.91 Å². The highest BCUT2D eigenvalue weighted by Gasteiger charge is 2.28. The van der Waals surface area contributed by atoms with Crippen LogP contribution in [0.25, 0.3) is 10.9 Å². The maximum absolute atomic E-state index is 13.7. The fourth-order valence-electron chi connectivity index (χ4n) is 4.21. The molecule has 1 fully saturated rings. The predicted octanol–water partition coefficient (Wildman–Crippen LogP) is 3.96. The molecular weight excluding hydrogens is 409 g/mol. The Hall–Kier alpha value is -3.88. The largest absolute Gasteiger partial charge is 0.350 e. The number of H-pyrrole nitrogens is 1. The Labute approximate surface area is 184 Å². The first-order chi connectivity index (χ1) is 15.6. The number of amides is 1. The van der Waals surface area contributed by atoms with Crippen molar-refractivity contribution < 1.29 is 9.18 Å². The molecule has 9 heteroatoms. The van der Waals surface area contributed by atoms with E-state index in [1.54, 1.807) is 30.9 Å². The lowest BCUT2D eigenvalue weighted by molar-refractivity contribution is 0.0700. The minimum absolute atomic E-state index is 0.0734. The second kappa shape index (κ2) is 8.33. The lowest BCUT2D eigenvalue weighted by Crippen LogP contribution is -2.39. The standard InChI is InChI=1S/C23H22FN7O/c1-14-17-11-16(24)4-5-19(17)28-21(14)22(32)31-10-2-3-15(13-31)18-6-7-27-23(29-18)30-20-12-25-8-9-26-20/h4-9,11-12,15,28H,2-3,10,13H2,1H3,(H,26,27,29,30). The molecule has 0 saturated carbocycles. The monoisotopic (exact) mass is 431 g/mol. The molecule has 1 aliphatic rings. The third kappa shape index (κ3) is 3.89. The molecule has 0 radical (unpaired) electrons. The second-order valence-corrected chi connectivity index (χ2v) is 7.93. The van der Waals surface area contributed by atoms with E-state index in [1.165, 1.54) is 12.1 Å². The topological polar surface area (TPSA) is 99.7 Å². The fraction of sp³-hybridized carbons (Fsp3) is 0.261. The zero-order valence-electron chi connectivity index (χ0n) is 17.5. The molecule has 3 aromatic heterocycles. The summed E-state index contributed by atoms with van der Waals surface area (Å²) in [5.41, 5.74) is 2.92. The number of nitrogens with one attached hydrogen (secondary N) is 2. The first-order valence-electron chi connectivity index (χ1n) is 10.5. The molecule has 8 nitrogen and oxygen atoms in total. The van der Waals surface area contributed by atoms with Gasteiger partial charge in [0, 0.05) is 48.5 Å². The van der Waals surface area contributed by atoms with Crippen molar-refractivity contribution in [1.82, 2.24) is 29.8 Å². The highest BCUT2D eigenvalue weighted by Crippen LogP contribution is 2.29. The van der Waals surface area contributed by atoms with Crippen LogP contribution in [0.4, 0.5) is 16.2 Å². The van der Waals surface area contributed by atoms with Crippen LogP contribution in [0.15, 0.2) is 49.1 Å². The number of likely N-dealkylation sites (tertiary alicyclic amines) is 1. The Morgan fingerprint density at radius 2 is 2.12 bits per heavy atom. The molecule has 162 valence electrons. The van der Waals surface area contributed by atoms with Crippen LogP contribution in [0.5, 0.6) is 0 Å². The van der Waals surface area contributed by atoms with Gasteiger partial charge in [-0.05, 0) is 49.6 Å². The van der Waals surface area contributed by atoms with Gasteiger partial charge in [0.1, 0.15) is 11.5 Å². The Morgan fingerprint density at radius 1 is 1.22 bits per heavy atom. The van der Waals surface area contributed by atoms with Crippen LogP contribution in [0.1, 0.15) is 40.5 Å². The number of carbonyl (C=O) groups excluding carboxylic acids is 1. The Kier molecular flexibility index (Phi) is 5.22. The fourth-order valence-corrected chi connectivity index (χ4v) is 4.21. The van der Waals surface area contributed by atoms with E-state index in [-0.39, 0.29) is 17.6 Å². The second-order valence-electron chi connectivity index (χ2n) is 7.93. The molecule has 1 amide bonds. The van der Waals surface area contributed by atoms with Crippen LogP contribution < -0.4 is 5.32 Å². The molecule has 4 heterocycles. The molecule has 1 aromatic carbocycles. The maximum Gasteiger partial charge on any atom is 0.270 e. The van der Waals surface area contributed by atoms with Crippen molar-refractivity contribution in [3.05, 3.63) is 71.8 Å². The number of hydrogen-bond donors (Lipinski definition) is 2. The van der Waals surface area contributed by atoms with Gasteiger partial charge in [-0.25, -0.2) is 19.3 Å². The minimum Gasteiger partial charge on any atom is -0.350 e. The molecule has 0 aliphatic carbocycles. The summed E-state index contributed by atoms with van der Waals surface area (Å²) in [6, 6.07) is 6.41. The molecule has 1 aliphatic heterocycles. The van der Waals surface area contributed by atoms with Gasteiger partial charge in [-0.15, -0.1) is 0 Å². The number of halogens is 1. The number of nitrogens with zero attached hydrogens (tertiary/aromatic N) is 5. The summed E-state index contributed by atoms with van der Waals surface area (Å²) >= 11 is 0. The average Bonchev–Trinajstić information content (AvgIpc) is 3.15. The summed E-state index contributed by atoms with van der Waals surface area (Å²) in [7, 11) is 0. The van der Waals surface area contributed by atoms with Crippen molar-refractivity contribution in [2.24, 2.45) is 0 Å². The van der Waals surface area contributed by atoms with Gasteiger partial charge < -0.3 is 15.2 Å². The maximum atomic E-state index is 13.7. The summed E-state index contributed by atoms with van der Waals surface area (Å²) in [4.78, 5) is 35.4. The number of fused-ring (bicyclic) bond motifs is 1. The molecule has 0 spiro atoms. The first kappa shape index (κ1) is 20.0. The van der Waals surface area contributed by atoms with Gasteiger partial charge in [0.15, 0.2) is 5.82 Å². The van der Waals surface area contributed by atoms with Crippen molar-refractivity contribution in [2.75, 3.05) is 18.4 Å². The van der Waals surface area contributed by atoms with Crippen LogP contribution in [0.2, 0.25) is 0 Å². The molecule has 2 N–H and O–H groups in total. The van der Waals surface area contributed by atoms with Gasteiger partial charge in [0.2, 0.25) is 5.95 Å². The first-order valence-corrected chi connectivity index (χ1v) is 10.5. The predicted molar refractivity (Wildman–Crippen MR) is 118 cm³/mol. The molecule has 5 rings (SSSR count). The third-order valence-electron chi connectivity index (χ3n) is 5.84. The highest BCUT2D eigenvalue weighted by molar-refractivity contribution is 6.01. The molecule has 1 atom stereocenters. The molecule has 0 bridgehead atoms. The summed E-state index contributed by atoms with van der Waals surface area (Å²) in [6.45, 7) is 3.08. The molecule has 1 saturated heterocycles. The third-order valence-corrected chi connectivity index (χ3v) is 5.84. The van der Waals surface area contributed by atoms with Crippen molar-refractivity contribution >= 4 is 28.6 Å². The summed E-state index contributed by atoms with van der Waals surface area (Å²) in [5, 5.41) is 3.79. The molecule has 4 aromatic rings. The summed E-state index contributed by atoms with van der Waals surface area (Å²) < 4.78 is 13.7. The van der Waals surface area contributed by atoms with Gasteiger partial charge >= 0.3 is 0 Å². The van der Waals surface area contributed by atoms with Crippen LogP contribution >= 0.6 is 0 Å². The van der Waals surface area contributed by atoms with E-state index >= 15 is 0 Å². The lowest BCUT2D eigenvalue weighted by Gasteiger charge is -2.32. The van der Waals surface area contributed by atoms with Crippen molar-refractivity contribution in [3.63, 3.8) is 0 Å². The van der Waals surface area contributed by atoms with Gasteiger partial charge in [-0.3, -0.25) is 9.78 Å². The summed E-state index contributed by atoms with van der Waals surface area (Å²) in [6.07, 6.45) is 8.31. The quantitative estimate of drug-likeness (QED) is 0.507. The number of carbonyl (C=O) groups is 1. The normalized spacial score (nSPS) is 16.3. The SMILES string of the molecule is Cc1c(C(=O)N2CCCC(c3ccnc(Nc4cnccn4)n3)C2)[nH]c2ccc(F)cc12. The van der Waals surface area contributed by atoms with Crippen molar-refractivity contribution in [3.8, 4) is 0 Å². The number of hydrogen-bond acceptors (Lipinski definition) is 6. The number of aromatic nitrogens is 5. The highest BCUT2D eigenvalue weighted by atomic mass is 19.1. The van der Waals surface area contributed by atoms with Crippen LogP contribution in [-0.2, 0) is 0 Å². The van der Waals surface area contributed by atoms with E-state index < -0.39 is 0 Å². The Balaban J connectivity index is 1.35. The zero-order chi connectivity index (χ0) is 22.1. The Morgan fingerprint density at radius 3 is 2.97 bits per heavy atom. The lowest BCUT2D eigenvalue weighted by atomic mass is 9.94. The van der Waals surface area contributed by atoms with E-state index in [9.17, 15) is 9.18 Å².